The van der Waals surface area contributed by atoms with Gasteiger partial charge in [0.15, 0.2) is 5.16 Å². The van der Waals surface area contributed by atoms with Gasteiger partial charge in [0.25, 0.3) is 5.56 Å². The highest BCUT2D eigenvalue weighted by Crippen LogP contribution is 2.28. The lowest BCUT2D eigenvalue weighted by atomic mass is 10.1. The highest BCUT2D eigenvalue weighted by molar-refractivity contribution is 8.00. The second-order valence-corrected chi connectivity index (χ2v) is 9.65. The molecule has 160 valence electrons. The minimum atomic E-state index is -0.547. The average molecular weight is 461 g/mol. The molecule has 0 radical (unpaired) electrons. The first kappa shape index (κ1) is 21.8. The molecule has 2 aromatic carbocycles. The molecule has 4 aromatic rings. The van der Waals surface area contributed by atoms with Crippen LogP contribution >= 0.6 is 23.1 Å². The summed E-state index contributed by atoms with van der Waals surface area (Å²) in [5.41, 5.74) is 3.61. The summed E-state index contributed by atoms with van der Waals surface area (Å²) in [6, 6.07) is 16.8. The highest BCUT2D eigenvalue weighted by Gasteiger charge is 2.21. The van der Waals surface area contributed by atoms with Gasteiger partial charge in [-0.15, -0.1) is 11.3 Å². The standard InChI is InChI=1S/C24H20N4O2S2/c1-14-10-15(2)12-18(11-14)28-23(30)19-6-4-5-7-20(19)26-24(28)32-16(3)21(29)27-22-17(13-25)8-9-31-22/h4-12,16H,1-3H3,(H,27,29). The Morgan fingerprint density at radius 3 is 2.62 bits per heavy atom. The Balaban J connectivity index is 1.76. The van der Waals surface area contributed by atoms with Crippen LogP contribution in [0.2, 0.25) is 0 Å². The number of hydrogen-bond acceptors (Lipinski definition) is 6. The fraction of sp³-hybridized carbons (Fsp3) is 0.167. The van der Waals surface area contributed by atoms with Gasteiger partial charge in [-0.2, -0.15) is 5.26 Å². The molecule has 0 saturated carbocycles. The summed E-state index contributed by atoms with van der Waals surface area (Å²) < 4.78 is 1.57. The first-order chi connectivity index (χ1) is 15.4. The van der Waals surface area contributed by atoms with Crippen LogP contribution in [0.3, 0.4) is 0 Å². The largest absolute Gasteiger partial charge is 0.316 e. The third kappa shape index (κ3) is 4.31. The summed E-state index contributed by atoms with van der Waals surface area (Å²) in [7, 11) is 0. The van der Waals surface area contributed by atoms with Crippen LogP contribution in [0.4, 0.5) is 5.00 Å². The minimum Gasteiger partial charge on any atom is -0.316 e. The van der Waals surface area contributed by atoms with Crippen molar-refractivity contribution < 1.29 is 4.79 Å². The van der Waals surface area contributed by atoms with Crippen LogP contribution in [0.15, 0.2) is 63.9 Å². The summed E-state index contributed by atoms with van der Waals surface area (Å²) in [6.45, 7) is 5.71. The summed E-state index contributed by atoms with van der Waals surface area (Å²) in [5.74, 6) is -0.261. The van der Waals surface area contributed by atoms with E-state index in [4.69, 9.17) is 4.98 Å². The third-order valence-electron chi connectivity index (χ3n) is 4.88. The number of aryl methyl sites for hydroxylation is 2. The maximum atomic E-state index is 13.4. The lowest BCUT2D eigenvalue weighted by Crippen LogP contribution is -2.26. The van der Waals surface area contributed by atoms with Gasteiger partial charge in [0.2, 0.25) is 5.91 Å². The number of rotatable bonds is 5. The van der Waals surface area contributed by atoms with Crippen molar-refractivity contribution >= 4 is 44.9 Å². The number of hydrogen-bond donors (Lipinski definition) is 1. The number of nitrogens with one attached hydrogen (secondary N) is 1. The van der Waals surface area contributed by atoms with Gasteiger partial charge in [0.05, 0.1) is 27.4 Å². The maximum absolute atomic E-state index is 13.4. The Bertz CT molecular complexity index is 1410. The second-order valence-electron chi connectivity index (χ2n) is 7.42. The first-order valence-corrected chi connectivity index (χ1v) is 11.7. The van der Waals surface area contributed by atoms with Gasteiger partial charge in [-0.3, -0.25) is 14.2 Å². The van der Waals surface area contributed by atoms with Crippen LogP contribution in [0, 0.1) is 25.2 Å². The van der Waals surface area contributed by atoms with Crippen LogP contribution < -0.4 is 10.9 Å². The van der Waals surface area contributed by atoms with Gasteiger partial charge in [0.1, 0.15) is 11.1 Å². The normalized spacial score (nSPS) is 11.8. The van der Waals surface area contributed by atoms with E-state index in [-0.39, 0.29) is 11.5 Å². The molecule has 6 nitrogen and oxygen atoms in total. The predicted octanol–water partition coefficient (Wildman–Crippen LogP) is 5.06. The molecule has 0 saturated heterocycles. The lowest BCUT2D eigenvalue weighted by Gasteiger charge is -2.17. The van der Waals surface area contributed by atoms with Gasteiger partial charge >= 0.3 is 0 Å². The fourth-order valence-corrected chi connectivity index (χ4v) is 5.09. The predicted molar refractivity (Wildman–Crippen MR) is 130 cm³/mol. The fourth-order valence-electron chi connectivity index (χ4n) is 3.42. The number of benzene rings is 2. The van der Waals surface area contributed by atoms with Crippen molar-refractivity contribution in [3.8, 4) is 11.8 Å². The third-order valence-corrected chi connectivity index (χ3v) is 6.77. The van der Waals surface area contributed by atoms with E-state index in [0.717, 1.165) is 11.1 Å². The van der Waals surface area contributed by atoms with Crippen molar-refractivity contribution in [2.75, 3.05) is 5.32 Å². The molecule has 32 heavy (non-hydrogen) atoms. The molecule has 8 heteroatoms. The molecule has 2 heterocycles. The van der Waals surface area contributed by atoms with E-state index >= 15 is 0 Å². The Labute approximate surface area is 193 Å². The SMILES string of the molecule is Cc1cc(C)cc(-n2c(SC(C)C(=O)Nc3sccc3C#N)nc3ccccc3c2=O)c1. The first-order valence-electron chi connectivity index (χ1n) is 9.93. The zero-order valence-electron chi connectivity index (χ0n) is 17.7. The molecule has 0 bridgehead atoms. The summed E-state index contributed by atoms with van der Waals surface area (Å²) in [5, 5.41) is 14.7. The highest BCUT2D eigenvalue weighted by atomic mass is 32.2. The molecule has 0 aliphatic carbocycles. The number of carbonyl (C=O) groups excluding carboxylic acids is 1. The van der Waals surface area contributed by atoms with Crippen LogP contribution in [-0.4, -0.2) is 20.7 Å². The number of para-hydroxylation sites is 1. The lowest BCUT2D eigenvalue weighted by molar-refractivity contribution is -0.115. The second kappa shape index (κ2) is 8.99. The van der Waals surface area contributed by atoms with E-state index in [1.807, 2.05) is 44.2 Å². The van der Waals surface area contributed by atoms with Gasteiger partial charge in [-0.25, -0.2) is 4.98 Å². The van der Waals surface area contributed by atoms with Crippen LogP contribution in [0.25, 0.3) is 16.6 Å². The number of nitriles is 1. The van der Waals surface area contributed by atoms with Crippen molar-refractivity contribution in [3.05, 3.63) is 81.0 Å². The monoisotopic (exact) mass is 460 g/mol. The smallest absolute Gasteiger partial charge is 0.266 e. The van der Waals surface area contributed by atoms with E-state index in [1.165, 1.54) is 23.1 Å². The van der Waals surface area contributed by atoms with Crippen molar-refractivity contribution in [1.29, 1.82) is 5.26 Å². The van der Waals surface area contributed by atoms with Crippen LogP contribution in [0.1, 0.15) is 23.6 Å². The van der Waals surface area contributed by atoms with Gasteiger partial charge in [-0.1, -0.05) is 30.0 Å². The number of aromatic nitrogens is 2. The number of anilines is 1. The Morgan fingerprint density at radius 1 is 1.19 bits per heavy atom. The molecule has 2 aromatic heterocycles. The average Bonchev–Trinajstić information content (AvgIpc) is 3.20. The van der Waals surface area contributed by atoms with Crippen LogP contribution in [-0.2, 0) is 4.79 Å². The molecule has 1 N–H and O–H groups in total. The summed E-state index contributed by atoms with van der Waals surface area (Å²) >= 11 is 2.51. The molecule has 1 unspecified atom stereocenters. The van der Waals surface area contributed by atoms with Crippen molar-refractivity contribution in [1.82, 2.24) is 9.55 Å². The van der Waals surface area contributed by atoms with Crippen molar-refractivity contribution in [2.45, 2.75) is 31.2 Å². The minimum absolute atomic E-state index is 0.180. The Hall–Kier alpha value is -3.41. The Morgan fingerprint density at radius 2 is 1.91 bits per heavy atom. The molecular formula is C24H20N4O2S2. The zero-order valence-corrected chi connectivity index (χ0v) is 19.4. The number of nitrogens with zero attached hydrogens (tertiary/aromatic N) is 3. The van der Waals surface area contributed by atoms with E-state index < -0.39 is 5.25 Å². The molecule has 1 atom stereocenters. The number of carbonyl (C=O) groups is 1. The van der Waals surface area contributed by atoms with Crippen molar-refractivity contribution in [2.24, 2.45) is 0 Å². The molecule has 4 rings (SSSR count). The molecule has 0 spiro atoms. The van der Waals surface area contributed by atoms with Gasteiger partial charge < -0.3 is 5.32 Å². The zero-order chi connectivity index (χ0) is 22.8. The van der Waals surface area contributed by atoms with Crippen LogP contribution in [0.5, 0.6) is 0 Å². The van der Waals surface area contributed by atoms with E-state index in [2.05, 4.69) is 11.4 Å². The van der Waals surface area contributed by atoms with Gasteiger partial charge in [-0.05, 0) is 67.6 Å². The molecule has 0 aliphatic heterocycles. The maximum Gasteiger partial charge on any atom is 0.266 e. The van der Waals surface area contributed by atoms with E-state index in [1.54, 1.807) is 35.1 Å². The van der Waals surface area contributed by atoms with E-state index in [0.29, 0.717) is 32.3 Å². The van der Waals surface area contributed by atoms with E-state index in [9.17, 15) is 14.9 Å². The molecule has 1 amide bonds. The molecule has 0 aliphatic rings. The summed E-state index contributed by atoms with van der Waals surface area (Å²) in [6.07, 6.45) is 0. The van der Waals surface area contributed by atoms with Gasteiger partial charge in [0, 0.05) is 0 Å². The molecule has 0 fully saturated rings. The topological polar surface area (TPSA) is 87.8 Å². The number of thioether (sulfide) groups is 1. The number of thiophene rings is 1. The molecular weight excluding hydrogens is 440 g/mol. The van der Waals surface area contributed by atoms with Crippen molar-refractivity contribution in [3.63, 3.8) is 0 Å². The quantitative estimate of drug-likeness (QED) is 0.332. The number of fused-ring (bicyclic) bond motifs is 1. The number of amides is 1. The summed E-state index contributed by atoms with van der Waals surface area (Å²) in [4.78, 5) is 31.0. The Kier molecular flexibility index (Phi) is 6.12.